The molecule has 1 spiro atoms. The van der Waals surface area contributed by atoms with Crippen molar-refractivity contribution in [2.75, 3.05) is 26.2 Å². The van der Waals surface area contributed by atoms with Gasteiger partial charge in [0.1, 0.15) is 5.82 Å². The van der Waals surface area contributed by atoms with E-state index in [0.717, 1.165) is 51.0 Å². The van der Waals surface area contributed by atoms with E-state index in [1.54, 1.807) is 19.1 Å². The number of halogens is 1. The molecule has 0 aromatic heterocycles. The number of likely N-dealkylation sites (tertiary alicyclic amines) is 2. The number of aliphatic hydroxyl groups excluding tert-OH is 1. The molecule has 0 aliphatic carbocycles. The maximum absolute atomic E-state index is 13.3. The second kappa shape index (κ2) is 6.45. The van der Waals surface area contributed by atoms with Crippen molar-refractivity contribution in [3.63, 3.8) is 0 Å². The lowest BCUT2D eigenvalue weighted by Crippen LogP contribution is -2.46. The van der Waals surface area contributed by atoms with Crippen molar-refractivity contribution < 1.29 is 14.3 Å². The average Bonchev–Trinajstić information content (AvgIpc) is 2.84. The van der Waals surface area contributed by atoms with Gasteiger partial charge in [0.15, 0.2) is 0 Å². The van der Waals surface area contributed by atoms with Crippen LogP contribution in [0.1, 0.15) is 38.7 Å². The molecule has 2 saturated heterocycles. The molecule has 1 amide bonds. The summed E-state index contributed by atoms with van der Waals surface area (Å²) in [5.41, 5.74) is 0.681. The van der Waals surface area contributed by atoms with Crippen molar-refractivity contribution in [3.8, 4) is 0 Å². The molecule has 132 valence electrons. The van der Waals surface area contributed by atoms with Crippen molar-refractivity contribution in [2.24, 2.45) is 5.41 Å². The van der Waals surface area contributed by atoms with Gasteiger partial charge < -0.3 is 10.0 Å². The SMILES string of the molecule is CC(=O)N1CC2(CCN(Cc3cccc(F)c3)CC2)CC1(C)CO. The summed E-state index contributed by atoms with van der Waals surface area (Å²) in [4.78, 5) is 16.2. The van der Waals surface area contributed by atoms with E-state index in [1.165, 1.54) is 6.07 Å². The van der Waals surface area contributed by atoms with Crippen molar-refractivity contribution in [1.82, 2.24) is 9.80 Å². The zero-order valence-corrected chi connectivity index (χ0v) is 14.6. The quantitative estimate of drug-likeness (QED) is 0.923. The molecular formula is C19H27FN2O2. The van der Waals surface area contributed by atoms with Crippen molar-refractivity contribution >= 4 is 5.91 Å². The Bertz CT molecular complexity index is 613. The number of nitrogens with zero attached hydrogens (tertiary/aromatic N) is 2. The number of benzene rings is 1. The fourth-order valence-electron chi connectivity index (χ4n) is 4.53. The number of piperidine rings is 1. The van der Waals surface area contributed by atoms with Gasteiger partial charge in [0.05, 0.1) is 12.1 Å². The summed E-state index contributed by atoms with van der Waals surface area (Å²) in [6, 6.07) is 6.79. The van der Waals surface area contributed by atoms with Crippen LogP contribution in [0, 0.1) is 11.2 Å². The first-order valence-corrected chi connectivity index (χ1v) is 8.72. The van der Waals surface area contributed by atoms with Crippen LogP contribution < -0.4 is 0 Å². The molecule has 0 bridgehead atoms. The third kappa shape index (κ3) is 3.33. The van der Waals surface area contributed by atoms with Crippen LogP contribution in [0.3, 0.4) is 0 Å². The summed E-state index contributed by atoms with van der Waals surface area (Å²) in [5, 5.41) is 9.79. The molecular weight excluding hydrogens is 307 g/mol. The zero-order chi connectivity index (χ0) is 17.4. The normalized spacial score (nSPS) is 26.9. The molecule has 5 heteroatoms. The van der Waals surface area contributed by atoms with Crippen LogP contribution >= 0.6 is 0 Å². The largest absolute Gasteiger partial charge is 0.394 e. The van der Waals surface area contributed by atoms with Crippen molar-refractivity contribution in [1.29, 1.82) is 0 Å². The Kier molecular flexibility index (Phi) is 4.67. The average molecular weight is 334 g/mol. The lowest BCUT2D eigenvalue weighted by Gasteiger charge is -2.39. The lowest BCUT2D eigenvalue weighted by atomic mass is 9.74. The molecule has 2 heterocycles. The highest BCUT2D eigenvalue weighted by molar-refractivity contribution is 5.74. The molecule has 3 rings (SSSR count). The molecule has 2 aliphatic heterocycles. The number of rotatable bonds is 3. The minimum Gasteiger partial charge on any atom is -0.394 e. The first-order chi connectivity index (χ1) is 11.4. The summed E-state index contributed by atoms with van der Waals surface area (Å²) >= 11 is 0. The van der Waals surface area contributed by atoms with Gasteiger partial charge in [-0.05, 0) is 62.4 Å². The first-order valence-electron chi connectivity index (χ1n) is 8.72. The standard InChI is InChI=1S/C19H27FN2O2/c1-15(24)22-13-19(12-18(22,2)14-23)6-8-21(9-7-19)11-16-4-3-5-17(20)10-16/h3-5,10,23H,6-9,11-14H2,1-2H3. The van der Waals surface area contributed by atoms with Gasteiger partial charge in [0.25, 0.3) is 0 Å². The Labute approximate surface area is 143 Å². The van der Waals surface area contributed by atoms with Gasteiger partial charge in [-0.25, -0.2) is 4.39 Å². The van der Waals surface area contributed by atoms with E-state index >= 15 is 0 Å². The van der Waals surface area contributed by atoms with Gasteiger partial charge in [-0.3, -0.25) is 9.69 Å². The predicted molar refractivity (Wildman–Crippen MR) is 90.8 cm³/mol. The second-order valence-corrected chi connectivity index (χ2v) is 7.84. The molecule has 0 saturated carbocycles. The van der Waals surface area contributed by atoms with E-state index in [4.69, 9.17) is 0 Å². The monoisotopic (exact) mass is 334 g/mol. The molecule has 24 heavy (non-hydrogen) atoms. The zero-order valence-electron chi connectivity index (χ0n) is 14.6. The van der Waals surface area contributed by atoms with Crippen molar-refractivity contribution in [2.45, 2.75) is 45.2 Å². The maximum Gasteiger partial charge on any atom is 0.219 e. The van der Waals surface area contributed by atoms with E-state index < -0.39 is 5.54 Å². The third-order valence-corrected chi connectivity index (χ3v) is 5.83. The molecule has 2 fully saturated rings. The maximum atomic E-state index is 13.3. The Hall–Kier alpha value is -1.46. The molecule has 1 aromatic carbocycles. The Morgan fingerprint density at radius 3 is 2.58 bits per heavy atom. The van der Waals surface area contributed by atoms with Crippen molar-refractivity contribution in [3.05, 3.63) is 35.6 Å². The number of amides is 1. The summed E-state index contributed by atoms with van der Waals surface area (Å²) in [6.07, 6.45) is 2.90. The molecule has 1 unspecified atom stereocenters. The van der Waals surface area contributed by atoms with Gasteiger partial charge >= 0.3 is 0 Å². The van der Waals surface area contributed by atoms with Crippen LogP contribution in [0.4, 0.5) is 4.39 Å². The molecule has 1 N–H and O–H groups in total. The first kappa shape index (κ1) is 17.4. The van der Waals surface area contributed by atoms with Gasteiger partial charge in [-0.15, -0.1) is 0 Å². The Morgan fingerprint density at radius 1 is 1.33 bits per heavy atom. The topological polar surface area (TPSA) is 43.8 Å². The van der Waals surface area contributed by atoms with Gasteiger partial charge in [0.2, 0.25) is 5.91 Å². The van der Waals surface area contributed by atoms with Crippen LogP contribution in [-0.4, -0.2) is 52.6 Å². The third-order valence-electron chi connectivity index (χ3n) is 5.83. The summed E-state index contributed by atoms with van der Waals surface area (Å²) < 4.78 is 13.3. The van der Waals surface area contributed by atoms with Gasteiger partial charge in [0, 0.05) is 20.0 Å². The van der Waals surface area contributed by atoms with E-state index in [-0.39, 0.29) is 23.7 Å². The second-order valence-electron chi connectivity index (χ2n) is 7.84. The number of carbonyl (C=O) groups excluding carboxylic acids is 1. The van der Waals surface area contributed by atoms with Crippen LogP contribution in [-0.2, 0) is 11.3 Å². The molecule has 4 nitrogen and oxygen atoms in total. The summed E-state index contributed by atoms with van der Waals surface area (Å²) in [6.45, 7) is 7.00. The Balaban J connectivity index is 1.63. The van der Waals surface area contributed by atoms with E-state index in [9.17, 15) is 14.3 Å². The van der Waals surface area contributed by atoms with E-state index in [0.29, 0.717) is 0 Å². The summed E-state index contributed by atoms with van der Waals surface area (Å²) in [5.74, 6) is -0.141. The molecule has 1 aromatic rings. The number of hydrogen-bond donors (Lipinski definition) is 1. The highest BCUT2D eigenvalue weighted by Gasteiger charge is 2.52. The van der Waals surface area contributed by atoms with Crippen LogP contribution in [0.5, 0.6) is 0 Å². The predicted octanol–water partition coefficient (Wildman–Crippen LogP) is 2.41. The van der Waals surface area contributed by atoms with Crippen LogP contribution in [0.2, 0.25) is 0 Å². The van der Waals surface area contributed by atoms with Gasteiger partial charge in [-0.1, -0.05) is 12.1 Å². The fraction of sp³-hybridized carbons (Fsp3) is 0.632. The van der Waals surface area contributed by atoms with E-state index in [2.05, 4.69) is 4.90 Å². The Morgan fingerprint density at radius 2 is 2.04 bits per heavy atom. The van der Waals surface area contributed by atoms with Crippen LogP contribution in [0.25, 0.3) is 0 Å². The van der Waals surface area contributed by atoms with Gasteiger partial charge in [-0.2, -0.15) is 0 Å². The molecule has 1 atom stereocenters. The molecule has 0 radical (unpaired) electrons. The summed E-state index contributed by atoms with van der Waals surface area (Å²) in [7, 11) is 0. The number of hydrogen-bond acceptors (Lipinski definition) is 3. The highest BCUT2D eigenvalue weighted by Crippen LogP contribution is 2.48. The minimum atomic E-state index is -0.434. The lowest BCUT2D eigenvalue weighted by molar-refractivity contribution is -0.134. The number of aliphatic hydroxyl groups is 1. The smallest absolute Gasteiger partial charge is 0.219 e. The highest BCUT2D eigenvalue weighted by atomic mass is 19.1. The fourth-order valence-corrected chi connectivity index (χ4v) is 4.53. The van der Waals surface area contributed by atoms with E-state index in [1.807, 2.05) is 17.9 Å². The molecule has 2 aliphatic rings. The van der Waals surface area contributed by atoms with Crippen LogP contribution in [0.15, 0.2) is 24.3 Å². The minimum absolute atomic E-state index is 0.0152. The number of carbonyl (C=O) groups is 1.